The topological polar surface area (TPSA) is 74.8 Å². The molecular formula is C11H21N3O2S. The lowest BCUT2D eigenvalue weighted by Crippen LogP contribution is -2.41. The molecule has 1 rings (SSSR count). The van der Waals surface area contributed by atoms with Crippen molar-refractivity contribution >= 4 is 9.84 Å². The van der Waals surface area contributed by atoms with E-state index < -0.39 is 14.6 Å². The van der Waals surface area contributed by atoms with Crippen LogP contribution in [-0.4, -0.2) is 36.2 Å². The standard InChI is InChI=1S/C11H21N3O2S/c1-8-10(9(2)14-13-8)6-12-7-11(3,4)17(5,15)16/h12H,6-7H2,1-5H3,(H,13,14). The minimum atomic E-state index is -3.05. The van der Waals surface area contributed by atoms with Crippen molar-refractivity contribution in [2.45, 2.75) is 39.0 Å². The Balaban J connectivity index is 2.60. The molecule has 0 fully saturated rings. The van der Waals surface area contributed by atoms with Gasteiger partial charge in [-0.15, -0.1) is 0 Å². The monoisotopic (exact) mass is 259 g/mol. The Morgan fingerprint density at radius 1 is 1.35 bits per heavy atom. The van der Waals surface area contributed by atoms with E-state index in [0.717, 1.165) is 17.0 Å². The van der Waals surface area contributed by atoms with Crippen LogP contribution in [0, 0.1) is 13.8 Å². The van der Waals surface area contributed by atoms with Gasteiger partial charge in [0.2, 0.25) is 0 Å². The number of aromatic nitrogens is 2. The van der Waals surface area contributed by atoms with Gasteiger partial charge in [0.25, 0.3) is 0 Å². The fraction of sp³-hybridized carbons (Fsp3) is 0.727. The van der Waals surface area contributed by atoms with Gasteiger partial charge in [0, 0.05) is 30.6 Å². The Morgan fingerprint density at radius 3 is 2.35 bits per heavy atom. The molecule has 0 radical (unpaired) electrons. The first-order valence-corrected chi connectivity index (χ1v) is 7.45. The number of hydrogen-bond donors (Lipinski definition) is 2. The van der Waals surface area contributed by atoms with Crippen LogP contribution in [0.5, 0.6) is 0 Å². The molecule has 0 saturated heterocycles. The molecule has 2 N–H and O–H groups in total. The lowest BCUT2D eigenvalue weighted by molar-refractivity contribution is 0.521. The first kappa shape index (κ1) is 14.2. The molecule has 0 amide bonds. The maximum absolute atomic E-state index is 11.5. The summed E-state index contributed by atoms with van der Waals surface area (Å²) in [5.41, 5.74) is 3.08. The number of nitrogens with zero attached hydrogens (tertiary/aromatic N) is 1. The number of hydrogen-bond acceptors (Lipinski definition) is 4. The zero-order chi connectivity index (χ0) is 13.3. The summed E-state index contributed by atoms with van der Waals surface area (Å²) in [6.07, 6.45) is 1.27. The Kier molecular flexibility index (Phi) is 3.99. The number of rotatable bonds is 5. The van der Waals surface area contributed by atoms with Crippen LogP contribution in [-0.2, 0) is 16.4 Å². The van der Waals surface area contributed by atoms with Gasteiger partial charge in [0.15, 0.2) is 9.84 Å². The Labute approximate surface area is 103 Å². The van der Waals surface area contributed by atoms with Gasteiger partial charge in [-0.3, -0.25) is 5.10 Å². The minimum Gasteiger partial charge on any atom is -0.311 e. The molecule has 0 aliphatic carbocycles. The first-order valence-electron chi connectivity index (χ1n) is 5.56. The molecule has 1 aromatic rings. The van der Waals surface area contributed by atoms with Crippen LogP contribution in [0.15, 0.2) is 0 Å². The molecule has 5 nitrogen and oxygen atoms in total. The molecule has 0 bridgehead atoms. The van der Waals surface area contributed by atoms with Crippen molar-refractivity contribution in [1.29, 1.82) is 0 Å². The quantitative estimate of drug-likeness (QED) is 0.825. The molecule has 17 heavy (non-hydrogen) atoms. The second-order valence-electron chi connectivity index (χ2n) is 5.05. The Bertz CT molecular complexity index is 469. The van der Waals surface area contributed by atoms with E-state index in [1.54, 1.807) is 13.8 Å². The second-order valence-corrected chi connectivity index (χ2v) is 7.70. The summed E-state index contributed by atoms with van der Waals surface area (Å²) in [5.74, 6) is 0. The van der Waals surface area contributed by atoms with Crippen LogP contribution in [0.1, 0.15) is 30.8 Å². The van der Waals surface area contributed by atoms with E-state index in [0.29, 0.717) is 13.1 Å². The minimum absolute atomic E-state index is 0.426. The van der Waals surface area contributed by atoms with Gasteiger partial charge in [-0.25, -0.2) is 8.42 Å². The number of H-pyrrole nitrogens is 1. The highest BCUT2D eigenvalue weighted by Gasteiger charge is 2.29. The smallest absolute Gasteiger partial charge is 0.153 e. The van der Waals surface area contributed by atoms with Crippen LogP contribution in [0.4, 0.5) is 0 Å². The Hall–Kier alpha value is -0.880. The molecule has 1 heterocycles. The number of nitrogens with one attached hydrogen (secondary N) is 2. The zero-order valence-corrected chi connectivity index (χ0v) is 11.9. The highest BCUT2D eigenvalue weighted by Crippen LogP contribution is 2.14. The number of aryl methyl sites for hydroxylation is 2. The SMILES string of the molecule is Cc1n[nH]c(C)c1CNCC(C)(C)S(C)(=O)=O. The molecule has 0 aromatic carbocycles. The van der Waals surface area contributed by atoms with Crippen LogP contribution < -0.4 is 5.32 Å². The summed E-state index contributed by atoms with van der Waals surface area (Å²) in [4.78, 5) is 0. The van der Waals surface area contributed by atoms with E-state index in [9.17, 15) is 8.42 Å². The molecule has 0 spiro atoms. The first-order chi connectivity index (χ1) is 7.65. The van der Waals surface area contributed by atoms with Crippen molar-refractivity contribution < 1.29 is 8.42 Å². The maximum atomic E-state index is 11.5. The van der Waals surface area contributed by atoms with E-state index in [4.69, 9.17) is 0 Å². The molecule has 0 aliphatic rings. The van der Waals surface area contributed by atoms with Crippen molar-refractivity contribution in [3.8, 4) is 0 Å². The van der Waals surface area contributed by atoms with Gasteiger partial charge in [-0.05, 0) is 27.7 Å². The molecular weight excluding hydrogens is 238 g/mol. The summed E-state index contributed by atoms with van der Waals surface area (Å²) in [5, 5.41) is 10.2. The average Bonchev–Trinajstić information content (AvgIpc) is 2.47. The highest BCUT2D eigenvalue weighted by molar-refractivity contribution is 7.92. The molecule has 0 aliphatic heterocycles. The van der Waals surface area contributed by atoms with Crippen molar-refractivity contribution in [1.82, 2.24) is 15.5 Å². The molecule has 0 unspecified atom stereocenters. The molecule has 0 atom stereocenters. The lowest BCUT2D eigenvalue weighted by atomic mass is 10.1. The largest absolute Gasteiger partial charge is 0.311 e. The third-order valence-electron chi connectivity index (χ3n) is 3.14. The summed E-state index contributed by atoms with van der Waals surface area (Å²) in [6, 6.07) is 0. The zero-order valence-electron chi connectivity index (χ0n) is 11.1. The number of aromatic amines is 1. The molecule has 6 heteroatoms. The van der Waals surface area contributed by atoms with Crippen molar-refractivity contribution in [3.63, 3.8) is 0 Å². The van der Waals surface area contributed by atoms with Gasteiger partial charge < -0.3 is 5.32 Å². The fourth-order valence-corrected chi connectivity index (χ4v) is 1.82. The molecule has 0 saturated carbocycles. The van der Waals surface area contributed by atoms with Crippen molar-refractivity contribution in [2.24, 2.45) is 0 Å². The van der Waals surface area contributed by atoms with Crippen LogP contribution in [0.2, 0.25) is 0 Å². The normalized spacial score (nSPS) is 13.0. The summed E-state index contributed by atoms with van der Waals surface area (Å²) in [6.45, 7) is 8.40. The van der Waals surface area contributed by atoms with Crippen LogP contribution >= 0.6 is 0 Å². The van der Waals surface area contributed by atoms with E-state index in [2.05, 4.69) is 15.5 Å². The molecule has 98 valence electrons. The summed E-state index contributed by atoms with van der Waals surface area (Å²) in [7, 11) is -3.05. The lowest BCUT2D eigenvalue weighted by Gasteiger charge is -2.22. The average molecular weight is 259 g/mol. The van der Waals surface area contributed by atoms with E-state index in [1.807, 2.05) is 13.8 Å². The Morgan fingerprint density at radius 2 is 1.94 bits per heavy atom. The third kappa shape index (κ3) is 3.29. The van der Waals surface area contributed by atoms with Crippen LogP contribution in [0.25, 0.3) is 0 Å². The van der Waals surface area contributed by atoms with E-state index in [-0.39, 0.29) is 0 Å². The van der Waals surface area contributed by atoms with Crippen molar-refractivity contribution in [3.05, 3.63) is 17.0 Å². The predicted molar refractivity (Wildman–Crippen MR) is 68.7 cm³/mol. The van der Waals surface area contributed by atoms with E-state index in [1.165, 1.54) is 6.26 Å². The molecule has 1 aromatic heterocycles. The second kappa shape index (κ2) is 4.78. The van der Waals surface area contributed by atoms with E-state index >= 15 is 0 Å². The third-order valence-corrected chi connectivity index (χ3v) is 5.29. The predicted octanol–water partition coefficient (Wildman–Crippen LogP) is 0.939. The maximum Gasteiger partial charge on any atom is 0.153 e. The number of sulfone groups is 1. The van der Waals surface area contributed by atoms with Gasteiger partial charge in [0.1, 0.15) is 0 Å². The highest BCUT2D eigenvalue weighted by atomic mass is 32.2. The fourth-order valence-electron chi connectivity index (χ4n) is 1.45. The summed E-state index contributed by atoms with van der Waals surface area (Å²) >= 11 is 0. The van der Waals surface area contributed by atoms with Crippen molar-refractivity contribution in [2.75, 3.05) is 12.8 Å². The van der Waals surface area contributed by atoms with Gasteiger partial charge in [-0.2, -0.15) is 5.10 Å². The van der Waals surface area contributed by atoms with Crippen LogP contribution in [0.3, 0.4) is 0 Å². The summed E-state index contributed by atoms with van der Waals surface area (Å²) < 4.78 is 22.3. The van der Waals surface area contributed by atoms with Gasteiger partial charge in [0.05, 0.1) is 10.4 Å². The van der Waals surface area contributed by atoms with Gasteiger partial charge >= 0.3 is 0 Å². The van der Waals surface area contributed by atoms with Gasteiger partial charge in [-0.1, -0.05) is 0 Å².